The van der Waals surface area contributed by atoms with Crippen LogP contribution in [0.3, 0.4) is 0 Å². The van der Waals surface area contributed by atoms with Crippen LogP contribution in [0, 0.1) is 11.7 Å². The summed E-state index contributed by atoms with van der Waals surface area (Å²) in [6.07, 6.45) is 4.60. The van der Waals surface area contributed by atoms with E-state index in [1.54, 1.807) is 12.3 Å². The summed E-state index contributed by atoms with van der Waals surface area (Å²) in [7, 11) is 0. The maximum Gasteiger partial charge on any atom is 0.251 e. The van der Waals surface area contributed by atoms with Gasteiger partial charge in [0.25, 0.3) is 5.91 Å². The van der Waals surface area contributed by atoms with E-state index < -0.39 is 11.9 Å². The Bertz CT molecular complexity index is 1180. The molecule has 0 unspecified atom stereocenters. The second kappa shape index (κ2) is 9.46. The predicted molar refractivity (Wildman–Crippen MR) is 129 cm³/mol. The highest BCUT2D eigenvalue weighted by Crippen LogP contribution is 2.42. The highest BCUT2D eigenvalue weighted by molar-refractivity contribution is 7.09. The summed E-state index contributed by atoms with van der Waals surface area (Å²) in [6.45, 7) is 2.84. The number of halogens is 2. The number of carbonyl (C=O) groups excluding carboxylic acids is 2. The first-order chi connectivity index (χ1) is 16.4. The number of hydrogen-bond donors (Lipinski definition) is 2. The molecule has 2 aromatic rings. The Kier molecular flexibility index (Phi) is 6.40. The summed E-state index contributed by atoms with van der Waals surface area (Å²) in [6, 6.07) is 3.35. The molecule has 1 saturated heterocycles. The van der Waals surface area contributed by atoms with Crippen molar-refractivity contribution >= 4 is 40.6 Å². The summed E-state index contributed by atoms with van der Waals surface area (Å²) in [5, 5.41) is 9.07. The molecule has 3 heterocycles. The standard InChI is InChI=1S/C24H25ClFN5O2S/c1-2-27-24(33)21-18-10-15(29-23(32)13-3-4-13)12-31(18)19(11-20-28-7-8-34-20)30-22(21)16-6-5-14(26)9-17(16)25/h5-9,13,15,22H,2-4,10-12H2,1H3,(H,27,33)(H,29,32)/t15-,22-/m0/s1. The molecule has 2 aliphatic heterocycles. The van der Waals surface area contributed by atoms with Gasteiger partial charge in [-0.3, -0.25) is 14.6 Å². The highest BCUT2D eigenvalue weighted by Gasteiger charge is 2.42. The molecule has 1 aliphatic carbocycles. The number of likely N-dealkylation sites (N-methyl/N-ethyl adjacent to an activating group) is 1. The van der Waals surface area contributed by atoms with Crippen molar-refractivity contribution in [2.24, 2.45) is 10.9 Å². The van der Waals surface area contributed by atoms with E-state index in [1.165, 1.54) is 23.5 Å². The Labute approximate surface area is 206 Å². The first-order valence-electron chi connectivity index (χ1n) is 11.4. The van der Waals surface area contributed by atoms with E-state index in [0.717, 1.165) is 29.4 Å². The lowest BCUT2D eigenvalue weighted by atomic mass is 9.93. The normalized spacial score (nSPS) is 21.9. The number of amides is 2. The summed E-state index contributed by atoms with van der Waals surface area (Å²) < 4.78 is 13.8. The Morgan fingerprint density at radius 2 is 2.15 bits per heavy atom. The maximum atomic E-state index is 13.8. The van der Waals surface area contributed by atoms with Gasteiger partial charge in [-0.1, -0.05) is 17.7 Å². The van der Waals surface area contributed by atoms with Crippen molar-refractivity contribution in [3.63, 3.8) is 0 Å². The number of benzene rings is 1. The smallest absolute Gasteiger partial charge is 0.251 e. The Hall–Kier alpha value is -2.78. The number of carbonyl (C=O) groups is 2. The summed E-state index contributed by atoms with van der Waals surface area (Å²) >= 11 is 7.97. The molecule has 2 N–H and O–H groups in total. The van der Waals surface area contributed by atoms with E-state index in [0.29, 0.717) is 37.1 Å². The third-order valence-corrected chi connectivity index (χ3v) is 7.38. The topological polar surface area (TPSA) is 86.7 Å². The second-order valence-electron chi connectivity index (χ2n) is 8.73. The zero-order chi connectivity index (χ0) is 23.8. The third kappa shape index (κ3) is 4.59. The van der Waals surface area contributed by atoms with E-state index in [-0.39, 0.29) is 28.8 Å². The van der Waals surface area contributed by atoms with E-state index in [1.807, 2.05) is 17.2 Å². The van der Waals surface area contributed by atoms with Gasteiger partial charge in [-0.25, -0.2) is 9.37 Å². The molecule has 1 aromatic carbocycles. The molecule has 34 heavy (non-hydrogen) atoms. The van der Waals surface area contributed by atoms with Gasteiger partial charge in [-0.2, -0.15) is 0 Å². The Balaban J connectivity index is 1.57. The monoisotopic (exact) mass is 501 g/mol. The highest BCUT2D eigenvalue weighted by atomic mass is 35.5. The molecule has 0 radical (unpaired) electrons. The molecule has 0 spiro atoms. The number of fused-ring (bicyclic) bond motifs is 1. The van der Waals surface area contributed by atoms with Crippen LogP contribution >= 0.6 is 22.9 Å². The van der Waals surface area contributed by atoms with Crippen molar-refractivity contribution in [1.82, 2.24) is 20.5 Å². The van der Waals surface area contributed by atoms with Crippen LogP contribution in [0.1, 0.15) is 42.8 Å². The molecule has 3 aliphatic rings. The Morgan fingerprint density at radius 3 is 2.82 bits per heavy atom. The van der Waals surface area contributed by atoms with Gasteiger partial charge in [0, 0.05) is 53.3 Å². The zero-order valence-electron chi connectivity index (χ0n) is 18.7. The minimum absolute atomic E-state index is 0.0709. The molecular weight excluding hydrogens is 477 g/mol. The van der Waals surface area contributed by atoms with Crippen molar-refractivity contribution in [3.05, 3.63) is 62.5 Å². The van der Waals surface area contributed by atoms with Gasteiger partial charge in [0.15, 0.2) is 0 Å². The van der Waals surface area contributed by atoms with Crippen LogP contribution in [0.2, 0.25) is 5.02 Å². The number of nitrogens with zero attached hydrogens (tertiary/aromatic N) is 3. The summed E-state index contributed by atoms with van der Waals surface area (Å²) in [5.41, 5.74) is 1.87. The minimum atomic E-state index is -0.682. The lowest BCUT2D eigenvalue weighted by Gasteiger charge is -2.33. The average Bonchev–Trinajstić information content (AvgIpc) is 3.37. The van der Waals surface area contributed by atoms with Gasteiger partial charge in [0.2, 0.25) is 5.91 Å². The maximum absolute atomic E-state index is 13.8. The minimum Gasteiger partial charge on any atom is -0.352 e. The van der Waals surface area contributed by atoms with Crippen LogP contribution in [0.5, 0.6) is 0 Å². The summed E-state index contributed by atoms with van der Waals surface area (Å²) in [4.78, 5) is 37.2. The average molecular weight is 502 g/mol. The van der Waals surface area contributed by atoms with Gasteiger partial charge in [0.1, 0.15) is 17.7 Å². The van der Waals surface area contributed by atoms with Crippen LogP contribution in [-0.4, -0.2) is 46.7 Å². The molecule has 2 atom stereocenters. The molecule has 0 bridgehead atoms. The van der Waals surface area contributed by atoms with E-state index in [9.17, 15) is 14.0 Å². The number of rotatable bonds is 7. The molecule has 1 saturated carbocycles. The van der Waals surface area contributed by atoms with Crippen molar-refractivity contribution in [2.75, 3.05) is 13.1 Å². The van der Waals surface area contributed by atoms with Crippen LogP contribution in [0.25, 0.3) is 0 Å². The van der Waals surface area contributed by atoms with Crippen molar-refractivity contribution < 1.29 is 14.0 Å². The number of amidine groups is 1. The first kappa shape index (κ1) is 23.0. The van der Waals surface area contributed by atoms with E-state index in [2.05, 4.69) is 15.6 Å². The molecule has 5 rings (SSSR count). The van der Waals surface area contributed by atoms with Gasteiger partial charge in [0.05, 0.1) is 23.0 Å². The van der Waals surface area contributed by atoms with Gasteiger partial charge in [-0.05, 0) is 31.9 Å². The molecule has 1 aromatic heterocycles. The number of nitrogens with one attached hydrogen (secondary N) is 2. The van der Waals surface area contributed by atoms with Crippen LogP contribution in [0.15, 0.2) is 46.0 Å². The molecular formula is C24H25ClFN5O2S. The molecule has 2 amide bonds. The molecule has 7 nitrogen and oxygen atoms in total. The van der Waals surface area contributed by atoms with Gasteiger partial charge < -0.3 is 15.5 Å². The SMILES string of the molecule is CCNC(=O)C1=C2C[C@H](NC(=O)C3CC3)CN2C(Cc2nccs2)=N[C@H]1c1ccc(F)cc1Cl. The van der Waals surface area contributed by atoms with Crippen molar-refractivity contribution in [3.8, 4) is 0 Å². The lowest BCUT2D eigenvalue weighted by Crippen LogP contribution is -2.41. The molecule has 10 heteroatoms. The van der Waals surface area contributed by atoms with Crippen molar-refractivity contribution in [1.29, 1.82) is 0 Å². The lowest BCUT2D eigenvalue weighted by molar-refractivity contribution is -0.123. The summed E-state index contributed by atoms with van der Waals surface area (Å²) in [5.74, 6) is 0.241. The number of hydrogen-bond acceptors (Lipinski definition) is 6. The van der Waals surface area contributed by atoms with Gasteiger partial charge in [-0.15, -0.1) is 11.3 Å². The van der Waals surface area contributed by atoms with Gasteiger partial charge >= 0.3 is 0 Å². The second-order valence-corrected chi connectivity index (χ2v) is 10.1. The molecule has 178 valence electrons. The fourth-order valence-electron chi connectivity index (χ4n) is 4.53. The Morgan fingerprint density at radius 1 is 1.32 bits per heavy atom. The van der Waals surface area contributed by atoms with E-state index >= 15 is 0 Å². The fraction of sp³-hybridized carbons (Fsp3) is 0.417. The zero-order valence-corrected chi connectivity index (χ0v) is 20.3. The van der Waals surface area contributed by atoms with Crippen LogP contribution in [-0.2, 0) is 16.0 Å². The van der Waals surface area contributed by atoms with Crippen LogP contribution < -0.4 is 10.6 Å². The van der Waals surface area contributed by atoms with E-state index in [4.69, 9.17) is 16.6 Å². The van der Waals surface area contributed by atoms with Crippen molar-refractivity contribution in [2.45, 2.75) is 44.7 Å². The predicted octanol–water partition coefficient (Wildman–Crippen LogP) is 3.62. The third-order valence-electron chi connectivity index (χ3n) is 6.27. The fourth-order valence-corrected chi connectivity index (χ4v) is 5.42. The number of aliphatic imine (C=N–C) groups is 1. The first-order valence-corrected chi connectivity index (χ1v) is 12.7. The quantitative estimate of drug-likeness (QED) is 0.606. The largest absolute Gasteiger partial charge is 0.352 e. The van der Waals surface area contributed by atoms with Crippen LogP contribution in [0.4, 0.5) is 4.39 Å². The number of aromatic nitrogens is 1. The molecule has 2 fully saturated rings. The number of thiazole rings is 1.